The maximum Gasteiger partial charge on any atom is 0.239 e. The van der Waals surface area contributed by atoms with E-state index in [1.807, 2.05) is 32.0 Å². The first-order chi connectivity index (χ1) is 12.8. The van der Waals surface area contributed by atoms with Crippen molar-refractivity contribution >= 4 is 21.6 Å². The number of hydrogen-bond acceptors (Lipinski definition) is 5. The number of carbonyl (C=O) groups excluding carboxylic acids is 1. The molecule has 2 saturated heterocycles. The van der Waals surface area contributed by atoms with Crippen LogP contribution in [0.5, 0.6) is 0 Å². The molecule has 150 valence electrons. The van der Waals surface area contributed by atoms with E-state index in [0.717, 1.165) is 18.5 Å². The molecule has 0 bridgehead atoms. The second kappa shape index (κ2) is 8.16. The first-order valence-corrected chi connectivity index (χ1v) is 11.2. The van der Waals surface area contributed by atoms with Gasteiger partial charge in [0.25, 0.3) is 0 Å². The van der Waals surface area contributed by atoms with Crippen LogP contribution >= 0.6 is 0 Å². The van der Waals surface area contributed by atoms with Gasteiger partial charge in [0.2, 0.25) is 15.9 Å². The van der Waals surface area contributed by atoms with E-state index < -0.39 is 15.8 Å². The molecule has 1 aromatic carbocycles. The molecule has 2 heterocycles. The van der Waals surface area contributed by atoms with E-state index in [0.29, 0.717) is 32.7 Å². The zero-order valence-corrected chi connectivity index (χ0v) is 17.0. The lowest BCUT2D eigenvalue weighted by Crippen LogP contribution is -2.53. The zero-order chi connectivity index (χ0) is 19.6. The van der Waals surface area contributed by atoms with E-state index in [9.17, 15) is 13.2 Å². The van der Waals surface area contributed by atoms with Crippen molar-refractivity contribution in [2.45, 2.75) is 38.8 Å². The van der Waals surface area contributed by atoms with Crippen molar-refractivity contribution in [3.05, 3.63) is 29.8 Å². The molecule has 2 aliphatic rings. The second-order valence-electron chi connectivity index (χ2n) is 7.70. The van der Waals surface area contributed by atoms with Crippen LogP contribution in [0.4, 0.5) is 5.69 Å². The number of anilines is 1. The second-order valence-corrected chi connectivity index (χ2v) is 9.67. The summed E-state index contributed by atoms with van der Waals surface area (Å²) in [5.41, 5.74) is 8.23. The molecule has 8 heteroatoms. The first kappa shape index (κ1) is 20.1. The van der Waals surface area contributed by atoms with E-state index in [1.54, 1.807) is 4.90 Å². The molecule has 0 aromatic heterocycles. The molecule has 0 spiro atoms. The van der Waals surface area contributed by atoms with Gasteiger partial charge in [-0.15, -0.1) is 0 Å². The molecule has 7 nitrogen and oxygen atoms in total. The minimum atomic E-state index is -3.60. The van der Waals surface area contributed by atoms with Gasteiger partial charge in [0.15, 0.2) is 0 Å². The van der Waals surface area contributed by atoms with Crippen LogP contribution in [-0.2, 0) is 14.8 Å². The summed E-state index contributed by atoms with van der Waals surface area (Å²) in [6.45, 7) is 6.60. The third kappa shape index (κ3) is 4.80. The molecular formula is C19H30N4O3S. The molecule has 2 atom stereocenters. The van der Waals surface area contributed by atoms with Crippen LogP contribution < -0.4 is 10.6 Å². The lowest BCUT2D eigenvalue weighted by Gasteiger charge is -2.38. The van der Waals surface area contributed by atoms with Gasteiger partial charge in [-0.25, -0.2) is 8.42 Å². The number of carbonyl (C=O) groups is 1. The lowest BCUT2D eigenvalue weighted by molar-refractivity contribution is -0.131. The van der Waals surface area contributed by atoms with Gasteiger partial charge in [-0.05, 0) is 44.4 Å². The van der Waals surface area contributed by atoms with Crippen molar-refractivity contribution in [1.29, 1.82) is 0 Å². The quantitative estimate of drug-likeness (QED) is 0.816. The fourth-order valence-corrected chi connectivity index (χ4v) is 5.34. The predicted octanol–water partition coefficient (Wildman–Crippen LogP) is 0.785. The van der Waals surface area contributed by atoms with Gasteiger partial charge in [-0.3, -0.25) is 4.79 Å². The van der Waals surface area contributed by atoms with Crippen LogP contribution in [0, 0.1) is 6.92 Å². The molecule has 2 aliphatic heterocycles. The van der Waals surface area contributed by atoms with Crippen molar-refractivity contribution in [2.75, 3.05) is 43.4 Å². The summed E-state index contributed by atoms with van der Waals surface area (Å²) in [5.74, 6) is -0.757. The number of likely N-dealkylation sites (tertiary alicyclic amines) is 1. The van der Waals surface area contributed by atoms with Crippen LogP contribution in [0.15, 0.2) is 24.3 Å². The average Bonchev–Trinajstić information content (AvgIpc) is 2.61. The SMILES string of the molecule is Cc1cccc(N2CCN(S(=O)(=O)CC(=O)N3CC[C@H](N)C[C@H]3C)CC2)c1. The predicted molar refractivity (Wildman–Crippen MR) is 107 cm³/mol. The molecule has 3 rings (SSSR count). The number of piperazine rings is 1. The largest absolute Gasteiger partial charge is 0.369 e. The Hall–Kier alpha value is -1.64. The van der Waals surface area contributed by atoms with Crippen molar-refractivity contribution in [3.8, 4) is 0 Å². The molecule has 0 radical (unpaired) electrons. The Morgan fingerprint density at radius 2 is 1.89 bits per heavy atom. The third-order valence-corrected chi connectivity index (χ3v) is 7.31. The summed E-state index contributed by atoms with van der Waals surface area (Å²) in [6, 6.07) is 8.30. The summed E-state index contributed by atoms with van der Waals surface area (Å²) in [4.78, 5) is 16.4. The number of rotatable bonds is 4. The minimum absolute atomic E-state index is 0.00498. The molecular weight excluding hydrogens is 364 g/mol. The monoisotopic (exact) mass is 394 g/mol. The Kier molecular flexibility index (Phi) is 6.08. The van der Waals surface area contributed by atoms with Gasteiger partial charge in [-0.2, -0.15) is 4.31 Å². The van der Waals surface area contributed by atoms with Gasteiger partial charge in [0.1, 0.15) is 5.75 Å². The van der Waals surface area contributed by atoms with Crippen molar-refractivity contribution < 1.29 is 13.2 Å². The number of nitrogens with zero attached hydrogens (tertiary/aromatic N) is 3. The summed E-state index contributed by atoms with van der Waals surface area (Å²) in [5, 5.41) is 0. The normalized spacial score (nSPS) is 24.9. The molecule has 2 N–H and O–H groups in total. The highest BCUT2D eigenvalue weighted by molar-refractivity contribution is 7.89. The van der Waals surface area contributed by atoms with Gasteiger partial charge < -0.3 is 15.5 Å². The Labute approximate surface area is 162 Å². The van der Waals surface area contributed by atoms with Crippen LogP contribution in [0.3, 0.4) is 0 Å². The number of amides is 1. The molecule has 27 heavy (non-hydrogen) atoms. The zero-order valence-electron chi connectivity index (χ0n) is 16.2. The van der Waals surface area contributed by atoms with Gasteiger partial charge >= 0.3 is 0 Å². The molecule has 0 saturated carbocycles. The number of nitrogens with two attached hydrogens (primary N) is 1. The third-order valence-electron chi connectivity index (χ3n) is 5.54. The van der Waals surface area contributed by atoms with Crippen molar-refractivity contribution in [3.63, 3.8) is 0 Å². The highest BCUT2D eigenvalue weighted by atomic mass is 32.2. The number of benzene rings is 1. The van der Waals surface area contributed by atoms with Crippen LogP contribution in [0.2, 0.25) is 0 Å². The number of aryl methyl sites for hydroxylation is 1. The van der Waals surface area contributed by atoms with E-state index in [-0.39, 0.29) is 18.0 Å². The Balaban J connectivity index is 1.57. The summed E-state index contributed by atoms with van der Waals surface area (Å²) < 4.78 is 26.9. The van der Waals surface area contributed by atoms with Gasteiger partial charge in [0, 0.05) is 50.5 Å². The fourth-order valence-electron chi connectivity index (χ4n) is 3.96. The van der Waals surface area contributed by atoms with E-state index in [1.165, 1.54) is 9.87 Å². The maximum absolute atomic E-state index is 12.7. The smallest absolute Gasteiger partial charge is 0.239 e. The van der Waals surface area contributed by atoms with E-state index in [2.05, 4.69) is 11.0 Å². The standard InChI is InChI=1S/C19H30N4O3S/c1-15-4-3-5-18(12-15)21-8-10-22(11-9-21)27(25,26)14-19(24)23-7-6-17(20)13-16(23)2/h3-5,12,16-17H,6-11,13-14,20H2,1-2H3/t16-,17+/m1/s1. The Morgan fingerprint density at radius 3 is 2.52 bits per heavy atom. The summed E-state index contributed by atoms with van der Waals surface area (Å²) >= 11 is 0. The Bertz CT molecular complexity index is 775. The first-order valence-electron chi connectivity index (χ1n) is 9.61. The van der Waals surface area contributed by atoms with Gasteiger partial charge in [-0.1, -0.05) is 12.1 Å². The van der Waals surface area contributed by atoms with Gasteiger partial charge in [0.05, 0.1) is 0 Å². The fraction of sp³-hybridized carbons (Fsp3) is 0.632. The van der Waals surface area contributed by atoms with Crippen LogP contribution in [0.25, 0.3) is 0 Å². The van der Waals surface area contributed by atoms with E-state index >= 15 is 0 Å². The summed E-state index contributed by atoms with van der Waals surface area (Å²) in [7, 11) is -3.60. The lowest BCUT2D eigenvalue weighted by atomic mass is 9.99. The highest BCUT2D eigenvalue weighted by Crippen LogP contribution is 2.20. The van der Waals surface area contributed by atoms with Crippen molar-refractivity contribution in [2.24, 2.45) is 5.73 Å². The minimum Gasteiger partial charge on any atom is -0.369 e. The van der Waals surface area contributed by atoms with E-state index in [4.69, 9.17) is 5.73 Å². The van der Waals surface area contributed by atoms with Crippen LogP contribution in [-0.4, -0.2) is 74.1 Å². The molecule has 0 aliphatic carbocycles. The topological polar surface area (TPSA) is 87.0 Å². The molecule has 2 fully saturated rings. The highest BCUT2D eigenvalue weighted by Gasteiger charge is 2.33. The number of piperidine rings is 1. The summed E-state index contributed by atoms with van der Waals surface area (Å²) in [6.07, 6.45) is 1.45. The Morgan fingerprint density at radius 1 is 1.19 bits per heavy atom. The number of hydrogen-bond donors (Lipinski definition) is 1. The number of sulfonamides is 1. The molecule has 0 unspecified atom stereocenters. The van der Waals surface area contributed by atoms with Crippen LogP contribution in [0.1, 0.15) is 25.3 Å². The van der Waals surface area contributed by atoms with Crippen molar-refractivity contribution in [1.82, 2.24) is 9.21 Å². The molecule has 1 amide bonds. The maximum atomic E-state index is 12.7. The molecule has 1 aromatic rings. The average molecular weight is 395 g/mol.